The molecule has 0 saturated carbocycles. The zero-order valence-electron chi connectivity index (χ0n) is 13.7. The number of nitrogens with one attached hydrogen (secondary N) is 1. The first-order valence-corrected chi connectivity index (χ1v) is 8.69. The van der Waals surface area contributed by atoms with E-state index in [4.69, 9.17) is 4.74 Å². The van der Waals surface area contributed by atoms with E-state index < -0.39 is 0 Å². The fourth-order valence-corrected chi connectivity index (χ4v) is 3.47. The molecule has 2 aliphatic rings. The van der Waals surface area contributed by atoms with E-state index >= 15 is 0 Å². The van der Waals surface area contributed by atoms with Gasteiger partial charge in [-0.2, -0.15) is 0 Å². The average Bonchev–Trinajstić information content (AvgIpc) is 2.96. The molecule has 0 radical (unpaired) electrons. The van der Waals surface area contributed by atoms with Crippen molar-refractivity contribution in [3.63, 3.8) is 0 Å². The Hall–Kier alpha value is -0.980. The molecule has 2 saturated heterocycles. The zero-order valence-corrected chi connectivity index (χ0v) is 13.7. The van der Waals surface area contributed by atoms with Crippen molar-refractivity contribution < 1.29 is 4.74 Å². The van der Waals surface area contributed by atoms with Crippen molar-refractivity contribution in [2.75, 3.05) is 33.3 Å². The minimum Gasteiger partial charge on any atom is -0.377 e. The first kappa shape index (κ1) is 15.9. The van der Waals surface area contributed by atoms with Crippen molar-refractivity contribution in [3.05, 3.63) is 11.9 Å². The molecule has 0 bridgehead atoms. The van der Waals surface area contributed by atoms with Crippen LogP contribution in [0.4, 0.5) is 0 Å². The summed E-state index contributed by atoms with van der Waals surface area (Å²) in [7, 11) is 2.14. The van der Waals surface area contributed by atoms with Gasteiger partial charge in [-0.05, 0) is 58.2 Å². The fraction of sp³-hybridized carbons (Fsp3) is 0.875. The minimum atomic E-state index is 0.392. The fourth-order valence-electron chi connectivity index (χ4n) is 3.47. The Morgan fingerprint density at radius 1 is 1.32 bits per heavy atom. The summed E-state index contributed by atoms with van der Waals surface area (Å²) in [6.07, 6.45) is 8.69. The van der Waals surface area contributed by atoms with Crippen molar-refractivity contribution in [1.82, 2.24) is 25.2 Å². The van der Waals surface area contributed by atoms with Gasteiger partial charge in [0.1, 0.15) is 0 Å². The van der Waals surface area contributed by atoms with Gasteiger partial charge in [-0.1, -0.05) is 5.21 Å². The number of hydrogen-bond acceptors (Lipinski definition) is 5. The first-order chi connectivity index (χ1) is 10.8. The average molecular weight is 307 g/mol. The van der Waals surface area contributed by atoms with E-state index in [0.717, 1.165) is 50.9 Å². The molecule has 1 N–H and O–H groups in total. The Labute approximate surface area is 133 Å². The van der Waals surface area contributed by atoms with Crippen LogP contribution in [0.15, 0.2) is 6.20 Å². The van der Waals surface area contributed by atoms with Gasteiger partial charge in [-0.3, -0.25) is 9.58 Å². The molecule has 0 spiro atoms. The van der Waals surface area contributed by atoms with Gasteiger partial charge in [0.15, 0.2) is 0 Å². The van der Waals surface area contributed by atoms with Crippen LogP contribution < -0.4 is 5.32 Å². The Morgan fingerprint density at radius 3 is 2.95 bits per heavy atom. The third-order valence-electron chi connectivity index (χ3n) is 4.71. The van der Waals surface area contributed by atoms with Gasteiger partial charge in [0.2, 0.25) is 0 Å². The molecule has 2 fully saturated rings. The van der Waals surface area contributed by atoms with Gasteiger partial charge in [-0.15, -0.1) is 5.10 Å². The highest BCUT2D eigenvalue weighted by Gasteiger charge is 2.17. The summed E-state index contributed by atoms with van der Waals surface area (Å²) < 4.78 is 7.83. The molecule has 6 nitrogen and oxygen atoms in total. The van der Waals surface area contributed by atoms with E-state index in [0.29, 0.717) is 6.10 Å². The van der Waals surface area contributed by atoms with Gasteiger partial charge in [0.05, 0.1) is 11.8 Å². The highest BCUT2D eigenvalue weighted by Crippen LogP contribution is 2.15. The van der Waals surface area contributed by atoms with Crippen molar-refractivity contribution in [2.24, 2.45) is 5.92 Å². The quantitative estimate of drug-likeness (QED) is 0.858. The SMILES string of the molecule is CN(Cc1cn(CC2CCNCC2)nn1)C[C@@H]1CCCCO1. The molecule has 1 aromatic heterocycles. The number of likely N-dealkylation sites (N-methyl/N-ethyl adjacent to an activating group) is 1. The second-order valence-electron chi connectivity index (χ2n) is 6.81. The molecule has 0 amide bonds. The molecule has 124 valence electrons. The molecule has 2 aliphatic heterocycles. The third kappa shape index (κ3) is 4.76. The number of rotatable bonds is 6. The molecule has 1 atom stereocenters. The van der Waals surface area contributed by atoms with Crippen LogP contribution in [-0.2, 0) is 17.8 Å². The smallest absolute Gasteiger partial charge is 0.0967 e. The lowest BCUT2D eigenvalue weighted by Gasteiger charge is -2.26. The molecule has 0 aromatic carbocycles. The first-order valence-electron chi connectivity index (χ1n) is 8.69. The van der Waals surface area contributed by atoms with Gasteiger partial charge in [-0.25, -0.2) is 0 Å². The highest BCUT2D eigenvalue weighted by atomic mass is 16.5. The van der Waals surface area contributed by atoms with Gasteiger partial charge in [0.25, 0.3) is 0 Å². The summed E-state index contributed by atoms with van der Waals surface area (Å²) in [5.41, 5.74) is 1.06. The third-order valence-corrected chi connectivity index (χ3v) is 4.71. The normalized spacial score (nSPS) is 24.0. The molecular formula is C16H29N5O. The standard InChI is InChI=1S/C16H29N5O/c1-20(13-16-4-2-3-9-22-16)11-15-12-21(19-18-15)10-14-5-7-17-8-6-14/h12,14,16-17H,2-11,13H2,1H3/t16-/m0/s1. The highest BCUT2D eigenvalue weighted by molar-refractivity contribution is 4.92. The number of ether oxygens (including phenoxy) is 1. The number of piperidine rings is 1. The van der Waals surface area contributed by atoms with Crippen LogP contribution in [0, 0.1) is 5.92 Å². The lowest BCUT2D eigenvalue weighted by atomic mass is 9.98. The Bertz CT molecular complexity index is 437. The van der Waals surface area contributed by atoms with Gasteiger partial charge < -0.3 is 10.1 Å². The second kappa shape index (κ2) is 8.04. The maximum atomic E-state index is 5.80. The van der Waals surface area contributed by atoms with Gasteiger partial charge >= 0.3 is 0 Å². The summed E-state index contributed by atoms with van der Waals surface area (Å²) in [6, 6.07) is 0. The molecule has 0 unspecified atom stereocenters. The van der Waals surface area contributed by atoms with Crippen LogP contribution >= 0.6 is 0 Å². The number of nitrogens with zero attached hydrogens (tertiary/aromatic N) is 4. The maximum absolute atomic E-state index is 5.80. The summed E-state index contributed by atoms with van der Waals surface area (Å²) >= 11 is 0. The number of aromatic nitrogens is 3. The maximum Gasteiger partial charge on any atom is 0.0967 e. The van der Waals surface area contributed by atoms with Crippen LogP contribution in [0.5, 0.6) is 0 Å². The lowest BCUT2D eigenvalue weighted by molar-refractivity contribution is -0.00275. The minimum absolute atomic E-state index is 0.392. The summed E-state index contributed by atoms with van der Waals surface area (Å²) in [6.45, 7) is 6.04. The Morgan fingerprint density at radius 2 is 2.18 bits per heavy atom. The molecule has 1 aromatic rings. The molecular weight excluding hydrogens is 278 g/mol. The topological polar surface area (TPSA) is 55.2 Å². The Balaban J connectivity index is 1.44. The van der Waals surface area contributed by atoms with Crippen LogP contribution in [0.25, 0.3) is 0 Å². The Kier molecular flexibility index (Phi) is 5.81. The van der Waals surface area contributed by atoms with Crippen molar-refractivity contribution >= 4 is 0 Å². The van der Waals surface area contributed by atoms with E-state index in [2.05, 4.69) is 33.8 Å². The zero-order chi connectivity index (χ0) is 15.2. The van der Waals surface area contributed by atoms with E-state index in [9.17, 15) is 0 Å². The van der Waals surface area contributed by atoms with Crippen LogP contribution in [-0.4, -0.2) is 59.3 Å². The monoisotopic (exact) mass is 307 g/mol. The summed E-state index contributed by atoms with van der Waals surface area (Å²) in [5, 5.41) is 12.0. The van der Waals surface area contributed by atoms with Crippen LogP contribution in [0.2, 0.25) is 0 Å². The van der Waals surface area contributed by atoms with Crippen molar-refractivity contribution in [3.8, 4) is 0 Å². The predicted molar refractivity (Wildman–Crippen MR) is 85.5 cm³/mol. The number of hydrogen-bond donors (Lipinski definition) is 1. The van der Waals surface area contributed by atoms with Gasteiger partial charge in [0, 0.05) is 32.4 Å². The predicted octanol–water partition coefficient (Wildman–Crippen LogP) is 1.28. The van der Waals surface area contributed by atoms with Crippen molar-refractivity contribution in [2.45, 2.75) is 51.3 Å². The van der Waals surface area contributed by atoms with Crippen LogP contribution in [0.1, 0.15) is 37.8 Å². The van der Waals surface area contributed by atoms with Crippen LogP contribution in [0.3, 0.4) is 0 Å². The summed E-state index contributed by atoms with van der Waals surface area (Å²) in [5.74, 6) is 0.740. The van der Waals surface area contributed by atoms with E-state index in [1.165, 1.54) is 32.1 Å². The largest absolute Gasteiger partial charge is 0.377 e. The molecule has 3 rings (SSSR count). The summed E-state index contributed by atoms with van der Waals surface area (Å²) in [4.78, 5) is 2.30. The van der Waals surface area contributed by atoms with E-state index in [1.807, 2.05) is 4.68 Å². The van der Waals surface area contributed by atoms with Crippen molar-refractivity contribution in [1.29, 1.82) is 0 Å². The van der Waals surface area contributed by atoms with E-state index in [1.54, 1.807) is 0 Å². The molecule has 0 aliphatic carbocycles. The second-order valence-corrected chi connectivity index (χ2v) is 6.81. The molecule has 22 heavy (non-hydrogen) atoms. The lowest BCUT2D eigenvalue weighted by Crippen LogP contribution is -2.33. The van der Waals surface area contributed by atoms with E-state index in [-0.39, 0.29) is 0 Å². The molecule has 6 heteroatoms. The molecule has 3 heterocycles.